The second-order valence-corrected chi connectivity index (χ2v) is 6.82. The van der Waals surface area contributed by atoms with Crippen molar-refractivity contribution in [2.75, 3.05) is 42.2 Å². The van der Waals surface area contributed by atoms with Gasteiger partial charge in [0, 0.05) is 26.7 Å². The first-order chi connectivity index (χ1) is 9.98. The fraction of sp³-hybridized carbons (Fsp3) is 0.800. The molecule has 0 atom stereocenters. The van der Waals surface area contributed by atoms with Gasteiger partial charge in [-0.3, -0.25) is 0 Å². The first kappa shape index (κ1) is 15.8. The van der Waals surface area contributed by atoms with Gasteiger partial charge in [-0.05, 0) is 31.1 Å². The molecule has 1 saturated heterocycles. The molecular weight excluding hydrogens is 264 g/mol. The van der Waals surface area contributed by atoms with Crippen LogP contribution in [0, 0.1) is 5.41 Å². The highest BCUT2D eigenvalue weighted by Gasteiger charge is 2.16. The summed E-state index contributed by atoms with van der Waals surface area (Å²) in [6.45, 7) is 9.65. The number of piperidine rings is 1. The van der Waals surface area contributed by atoms with Crippen molar-refractivity contribution in [1.29, 1.82) is 0 Å². The summed E-state index contributed by atoms with van der Waals surface area (Å²) in [5.41, 5.74) is 0.307. The Morgan fingerprint density at radius 1 is 1.00 bits per heavy atom. The van der Waals surface area contributed by atoms with Crippen LogP contribution in [0.2, 0.25) is 0 Å². The molecule has 21 heavy (non-hydrogen) atoms. The lowest BCUT2D eigenvalue weighted by atomic mass is 9.92. The second-order valence-electron chi connectivity index (χ2n) is 6.82. The van der Waals surface area contributed by atoms with Gasteiger partial charge in [-0.2, -0.15) is 15.0 Å². The van der Waals surface area contributed by atoms with Crippen LogP contribution < -0.4 is 15.5 Å². The molecule has 1 aliphatic rings. The van der Waals surface area contributed by atoms with E-state index in [0.29, 0.717) is 17.3 Å². The number of hydrogen-bond donors (Lipinski definition) is 2. The molecule has 1 aliphatic heterocycles. The first-order valence-electron chi connectivity index (χ1n) is 7.90. The molecule has 2 rings (SSSR count). The molecule has 1 aromatic heterocycles. The van der Waals surface area contributed by atoms with Crippen LogP contribution in [-0.2, 0) is 0 Å². The molecule has 0 bridgehead atoms. The van der Waals surface area contributed by atoms with E-state index in [2.05, 4.69) is 51.3 Å². The molecule has 6 heteroatoms. The largest absolute Gasteiger partial charge is 0.357 e. The van der Waals surface area contributed by atoms with E-state index in [-0.39, 0.29) is 0 Å². The van der Waals surface area contributed by atoms with Gasteiger partial charge < -0.3 is 15.5 Å². The molecule has 1 aromatic rings. The van der Waals surface area contributed by atoms with Crippen LogP contribution in [0.1, 0.15) is 46.5 Å². The highest BCUT2D eigenvalue weighted by atomic mass is 15.3. The van der Waals surface area contributed by atoms with E-state index in [1.54, 1.807) is 0 Å². The Morgan fingerprint density at radius 3 is 2.29 bits per heavy atom. The molecule has 6 nitrogen and oxygen atoms in total. The van der Waals surface area contributed by atoms with E-state index >= 15 is 0 Å². The van der Waals surface area contributed by atoms with Gasteiger partial charge in [-0.1, -0.05) is 20.8 Å². The third kappa shape index (κ3) is 5.02. The van der Waals surface area contributed by atoms with Crippen molar-refractivity contribution in [2.24, 2.45) is 5.41 Å². The molecule has 2 N–H and O–H groups in total. The standard InChI is InChI=1S/C15H28N6/c1-15(2,3)8-9-17-13-18-12(16-4)19-14(20-13)21-10-6-5-7-11-21/h5-11H2,1-4H3,(H2,16,17,18,19,20). The van der Waals surface area contributed by atoms with E-state index in [0.717, 1.165) is 32.0 Å². The molecule has 0 amide bonds. The Morgan fingerprint density at radius 2 is 1.67 bits per heavy atom. The lowest BCUT2D eigenvalue weighted by molar-refractivity contribution is 0.389. The van der Waals surface area contributed by atoms with Crippen LogP contribution in [0.15, 0.2) is 0 Å². The van der Waals surface area contributed by atoms with Gasteiger partial charge in [0.2, 0.25) is 17.8 Å². The van der Waals surface area contributed by atoms with Crippen LogP contribution in [0.5, 0.6) is 0 Å². The number of nitrogens with zero attached hydrogens (tertiary/aromatic N) is 4. The third-order valence-corrected chi connectivity index (χ3v) is 3.64. The van der Waals surface area contributed by atoms with Gasteiger partial charge in [0.1, 0.15) is 0 Å². The monoisotopic (exact) mass is 292 g/mol. The Kier molecular flexibility index (Phi) is 5.20. The van der Waals surface area contributed by atoms with E-state index in [9.17, 15) is 0 Å². The number of hydrogen-bond acceptors (Lipinski definition) is 6. The highest BCUT2D eigenvalue weighted by Crippen LogP contribution is 2.20. The minimum absolute atomic E-state index is 0.307. The number of nitrogens with one attached hydrogen (secondary N) is 2. The molecule has 0 saturated carbocycles. The van der Waals surface area contributed by atoms with Gasteiger partial charge in [-0.25, -0.2) is 0 Å². The van der Waals surface area contributed by atoms with Crippen molar-refractivity contribution in [1.82, 2.24) is 15.0 Å². The first-order valence-corrected chi connectivity index (χ1v) is 7.90. The van der Waals surface area contributed by atoms with Gasteiger partial charge in [0.25, 0.3) is 0 Å². The van der Waals surface area contributed by atoms with Crippen molar-refractivity contribution in [3.63, 3.8) is 0 Å². The molecule has 0 spiro atoms. The van der Waals surface area contributed by atoms with Gasteiger partial charge in [0.05, 0.1) is 0 Å². The fourth-order valence-corrected chi connectivity index (χ4v) is 2.34. The Balaban J connectivity index is 2.06. The summed E-state index contributed by atoms with van der Waals surface area (Å²) in [4.78, 5) is 15.7. The molecule has 0 radical (unpaired) electrons. The Bertz CT molecular complexity index is 448. The van der Waals surface area contributed by atoms with E-state index in [1.807, 2.05) is 7.05 Å². The van der Waals surface area contributed by atoms with Crippen LogP contribution in [0.25, 0.3) is 0 Å². The van der Waals surface area contributed by atoms with Crippen molar-refractivity contribution in [3.8, 4) is 0 Å². The summed E-state index contributed by atoms with van der Waals surface area (Å²) in [7, 11) is 1.84. The predicted molar refractivity (Wildman–Crippen MR) is 88.0 cm³/mol. The second kappa shape index (κ2) is 6.91. The summed E-state index contributed by atoms with van der Waals surface area (Å²) in [6, 6.07) is 0. The summed E-state index contributed by atoms with van der Waals surface area (Å²) >= 11 is 0. The van der Waals surface area contributed by atoms with Crippen LogP contribution in [0.3, 0.4) is 0 Å². The quantitative estimate of drug-likeness (QED) is 0.870. The average Bonchev–Trinajstić information content (AvgIpc) is 2.46. The molecule has 0 unspecified atom stereocenters. The fourth-order valence-electron chi connectivity index (χ4n) is 2.34. The van der Waals surface area contributed by atoms with Crippen molar-refractivity contribution in [3.05, 3.63) is 0 Å². The van der Waals surface area contributed by atoms with Gasteiger partial charge in [0.15, 0.2) is 0 Å². The van der Waals surface area contributed by atoms with Crippen LogP contribution in [-0.4, -0.2) is 41.6 Å². The molecule has 0 aromatic carbocycles. The SMILES string of the molecule is CNc1nc(NCCC(C)(C)C)nc(N2CCCCC2)n1. The van der Waals surface area contributed by atoms with Gasteiger partial charge >= 0.3 is 0 Å². The predicted octanol–water partition coefficient (Wildman–Crippen LogP) is 2.75. The highest BCUT2D eigenvalue weighted by molar-refractivity contribution is 5.43. The number of anilines is 3. The van der Waals surface area contributed by atoms with E-state index < -0.39 is 0 Å². The maximum Gasteiger partial charge on any atom is 0.231 e. The maximum absolute atomic E-state index is 4.58. The molecule has 0 aliphatic carbocycles. The van der Waals surface area contributed by atoms with Crippen molar-refractivity contribution < 1.29 is 0 Å². The lowest BCUT2D eigenvalue weighted by Crippen LogP contribution is -2.31. The maximum atomic E-state index is 4.58. The molecular formula is C15H28N6. The minimum Gasteiger partial charge on any atom is -0.357 e. The summed E-state index contributed by atoms with van der Waals surface area (Å²) in [5.74, 6) is 2.08. The van der Waals surface area contributed by atoms with E-state index in [4.69, 9.17) is 0 Å². The lowest BCUT2D eigenvalue weighted by Gasteiger charge is -2.27. The summed E-state index contributed by atoms with van der Waals surface area (Å²) in [5, 5.41) is 6.35. The van der Waals surface area contributed by atoms with Crippen molar-refractivity contribution in [2.45, 2.75) is 46.5 Å². The van der Waals surface area contributed by atoms with Crippen molar-refractivity contribution >= 4 is 17.8 Å². The molecule has 1 fully saturated rings. The van der Waals surface area contributed by atoms with Crippen LogP contribution >= 0.6 is 0 Å². The zero-order valence-electron chi connectivity index (χ0n) is 13.7. The van der Waals surface area contributed by atoms with Gasteiger partial charge in [-0.15, -0.1) is 0 Å². The zero-order valence-corrected chi connectivity index (χ0v) is 13.7. The zero-order chi connectivity index (χ0) is 15.3. The number of aromatic nitrogens is 3. The molecule has 2 heterocycles. The Labute approximate surface area is 127 Å². The van der Waals surface area contributed by atoms with E-state index in [1.165, 1.54) is 19.3 Å². The van der Waals surface area contributed by atoms with Crippen LogP contribution in [0.4, 0.5) is 17.8 Å². The summed E-state index contributed by atoms with van der Waals surface area (Å²) in [6.07, 6.45) is 4.81. The summed E-state index contributed by atoms with van der Waals surface area (Å²) < 4.78 is 0. The normalized spacial score (nSPS) is 15.9. The third-order valence-electron chi connectivity index (χ3n) is 3.64. The number of rotatable bonds is 5. The topological polar surface area (TPSA) is 66.0 Å². The molecule has 118 valence electrons. The minimum atomic E-state index is 0.307. The Hall–Kier alpha value is -1.59. The smallest absolute Gasteiger partial charge is 0.231 e. The average molecular weight is 292 g/mol.